The number of hydrogen-bond donors (Lipinski definition) is 1. The van der Waals surface area contributed by atoms with Crippen molar-refractivity contribution in [2.24, 2.45) is 0 Å². The third kappa shape index (κ3) is 5.38. The van der Waals surface area contributed by atoms with Crippen LogP contribution in [0.15, 0.2) is 18.2 Å². The Morgan fingerprint density at radius 2 is 1.83 bits per heavy atom. The largest absolute Gasteiger partial charge is 0.497 e. The molecule has 1 aliphatic heterocycles. The molecule has 0 bridgehead atoms. The summed E-state index contributed by atoms with van der Waals surface area (Å²) in [6.07, 6.45) is -4.54. The third-order valence-electron chi connectivity index (χ3n) is 3.66. The van der Waals surface area contributed by atoms with E-state index in [4.69, 9.17) is 4.74 Å². The molecule has 0 saturated carbocycles. The first kappa shape index (κ1) is 22.2. The van der Waals surface area contributed by atoms with Crippen LogP contribution in [0.2, 0.25) is 0 Å². The lowest BCUT2D eigenvalue weighted by Crippen LogP contribution is -2.46. The van der Waals surface area contributed by atoms with Gasteiger partial charge in [0.2, 0.25) is 0 Å². The maximum atomic E-state index is 13.4. The van der Waals surface area contributed by atoms with E-state index in [0.29, 0.717) is 26.2 Å². The zero-order chi connectivity index (χ0) is 15.5. The molecule has 2 rings (SSSR count). The summed E-state index contributed by atoms with van der Waals surface area (Å²) in [5, 5.41) is 3.10. The van der Waals surface area contributed by atoms with Gasteiger partial charge in [-0.1, -0.05) is 6.07 Å². The molecule has 0 aromatic heterocycles. The molecule has 134 valence electrons. The highest BCUT2D eigenvalue weighted by Crippen LogP contribution is 2.38. The van der Waals surface area contributed by atoms with Gasteiger partial charge in [-0.05, 0) is 17.7 Å². The van der Waals surface area contributed by atoms with Crippen LogP contribution in [-0.4, -0.2) is 44.9 Å². The molecule has 1 N–H and O–H groups in total. The number of rotatable bonds is 4. The molecule has 1 atom stereocenters. The third-order valence-corrected chi connectivity index (χ3v) is 3.66. The molecule has 0 amide bonds. The standard InChI is InChI=1S/C14H18F4N2O.2ClH/c1-21-10-2-3-11(12(8-10)14(16,17)18)13(9-15)20-6-4-19-5-7-20;;/h2-3,8,13,19H,4-7,9H2,1H3;2*1H/t13-;;/m1../s1. The zero-order valence-corrected chi connectivity index (χ0v) is 14.2. The number of nitrogens with zero attached hydrogens (tertiary/aromatic N) is 1. The molecule has 1 aromatic rings. The molecular weight excluding hydrogens is 359 g/mol. The Morgan fingerprint density at radius 3 is 2.30 bits per heavy atom. The minimum atomic E-state index is -4.54. The van der Waals surface area contributed by atoms with Gasteiger partial charge in [0.25, 0.3) is 0 Å². The van der Waals surface area contributed by atoms with Crippen LogP contribution >= 0.6 is 24.8 Å². The molecule has 1 heterocycles. The van der Waals surface area contributed by atoms with Crippen molar-refractivity contribution in [1.29, 1.82) is 0 Å². The van der Waals surface area contributed by atoms with Crippen molar-refractivity contribution in [2.45, 2.75) is 12.2 Å². The minimum absolute atomic E-state index is 0. The fourth-order valence-corrected chi connectivity index (χ4v) is 2.57. The van der Waals surface area contributed by atoms with Crippen molar-refractivity contribution < 1.29 is 22.3 Å². The van der Waals surface area contributed by atoms with Crippen LogP contribution in [-0.2, 0) is 6.18 Å². The lowest BCUT2D eigenvalue weighted by molar-refractivity contribution is -0.139. The molecule has 0 unspecified atom stereocenters. The van der Waals surface area contributed by atoms with Crippen LogP contribution in [0.4, 0.5) is 17.6 Å². The van der Waals surface area contributed by atoms with E-state index in [2.05, 4.69) is 5.32 Å². The molecular formula is C14H20Cl2F4N2O. The van der Waals surface area contributed by atoms with E-state index in [9.17, 15) is 17.6 Å². The van der Waals surface area contributed by atoms with Gasteiger partial charge in [-0.3, -0.25) is 4.90 Å². The Bertz CT molecular complexity index is 482. The quantitative estimate of drug-likeness (QED) is 0.811. The van der Waals surface area contributed by atoms with E-state index in [1.54, 1.807) is 4.90 Å². The first-order chi connectivity index (χ1) is 9.97. The Labute approximate surface area is 145 Å². The number of ether oxygens (including phenoxy) is 1. The summed E-state index contributed by atoms with van der Waals surface area (Å²) < 4.78 is 57.9. The molecule has 1 aliphatic rings. The van der Waals surface area contributed by atoms with Crippen LogP contribution in [0.25, 0.3) is 0 Å². The highest BCUT2D eigenvalue weighted by Gasteiger charge is 2.37. The summed E-state index contributed by atoms with van der Waals surface area (Å²) in [6, 6.07) is 2.80. The topological polar surface area (TPSA) is 24.5 Å². The molecule has 0 aliphatic carbocycles. The smallest absolute Gasteiger partial charge is 0.416 e. The first-order valence-electron chi connectivity index (χ1n) is 6.73. The second kappa shape index (κ2) is 9.52. The van der Waals surface area contributed by atoms with Gasteiger partial charge in [0.15, 0.2) is 0 Å². The summed E-state index contributed by atoms with van der Waals surface area (Å²) in [4.78, 5) is 1.74. The predicted octanol–water partition coefficient (Wildman–Crippen LogP) is 3.47. The summed E-state index contributed by atoms with van der Waals surface area (Å²) in [5.74, 6) is 0.115. The van der Waals surface area contributed by atoms with Crippen molar-refractivity contribution in [3.05, 3.63) is 29.3 Å². The average molecular weight is 379 g/mol. The maximum absolute atomic E-state index is 13.4. The molecule has 1 aromatic carbocycles. The second-order valence-corrected chi connectivity index (χ2v) is 4.91. The van der Waals surface area contributed by atoms with Gasteiger partial charge in [0, 0.05) is 26.2 Å². The van der Waals surface area contributed by atoms with E-state index < -0.39 is 24.5 Å². The summed E-state index contributed by atoms with van der Waals surface area (Å²) in [6.45, 7) is 1.49. The lowest BCUT2D eigenvalue weighted by Gasteiger charge is -2.34. The molecule has 0 radical (unpaired) electrons. The summed E-state index contributed by atoms with van der Waals surface area (Å²) in [5.41, 5.74) is -0.865. The Kier molecular flexibility index (Phi) is 9.20. The number of halogens is 6. The Balaban J connectivity index is 0.00000242. The number of piperazine rings is 1. The molecule has 1 saturated heterocycles. The number of alkyl halides is 4. The summed E-state index contributed by atoms with van der Waals surface area (Å²) >= 11 is 0. The van der Waals surface area contributed by atoms with Crippen LogP contribution in [0, 0.1) is 0 Å². The molecule has 9 heteroatoms. The number of nitrogens with one attached hydrogen (secondary N) is 1. The van der Waals surface area contributed by atoms with Gasteiger partial charge in [-0.15, -0.1) is 24.8 Å². The van der Waals surface area contributed by atoms with Gasteiger partial charge in [-0.25, -0.2) is 4.39 Å². The molecule has 1 fully saturated rings. The molecule has 3 nitrogen and oxygen atoms in total. The zero-order valence-electron chi connectivity index (χ0n) is 12.5. The van der Waals surface area contributed by atoms with Crippen LogP contribution < -0.4 is 10.1 Å². The van der Waals surface area contributed by atoms with Crippen molar-refractivity contribution in [2.75, 3.05) is 40.0 Å². The molecule has 0 spiro atoms. The van der Waals surface area contributed by atoms with Crippen LogP contribution in [0.5, 0.6) is 5.75 Å². The number of benzene rings is 1. The molecule has 23 heavy (non-hydrogen) atoms. The Morgan fingerprint density at radius 1 is 1.22 bits per heavy atom. The first-order valence-corrected chi connectivity index (χ1v) is 6.73. The van der Waals surface area contributed by atoms with E-state index in [0.717, 1.165) is 6.07 Å². The highest BCUT2D eigenvalue weighted by atomic mass is 35.5. The van der Waals surface area contributed by atoms with Crippen molar-refractivity contribution in [3.8, 4) is 5.75 Å². The lowest BCUT2D eigenvalue weighted by atomic mass is 9.98. The number of hydrogen-bond acceptors (Lipinski definition) is 3. The Hall–Kier alpha value is -0.760. The maximum Gasteiger partial charge on any atom is 0.416 e. The average Bonchev–Trinajstić information content (AvgIpc) is 2.48. The van der Waals surface area contributed by atoms with Gasteiger partial charge < -0.3 is 10.1 Å². The fraction of sp³-hybridized carbons (Fsp3) is 0.571. The van der Waals surface area contributed by atoms with Crippen LogP contribution in [0.1, 0.15) is 17.2 Å². The van der Waals surface area contributed by atoms with Crippen LogP contribution in [0.3, 0.4) is 0 Å². The second-order valence-electron chi connectivity index (χ2n) is 4.91. The van der Waals surface area contributed by atoms with Gasteiger partial charge in [0.1, 0.15) is 12.4 Å². The van der Waals surface area contributed by atoms with E-state index in [-0.39, 0.29) is 36.1 Å². The summed E-state index contributed by atoms with van der Waals surface area (Å²) in [7, 11) is 1.30. The van der Waals surface area contributed by atoms with Crippen molar-refractivity contribution in [3.63, 3.8) is 0 Å². The SMILES string of the molecule is COc1ccc([C@@H](CF)N2CCNCC2)c(C(F)(F)F)c1.Cl.Cl. The monoisotopic (exact) mass is 378 g/mol. The van der Waals surface area contributed by atoms with Crippen molar-refractivity contribution >= 4 is 24.8 Å². The number of methoxy groups -OCH3 is 1. The van der Waals surface area contributed by atoms with E-state index in [1.807, 2.05) is 0 Å². The van der Waals surface area contributed by atoms with E-state index >= 15 is 0 Å². The minimum Gasteiger partial charge on any atom is -0.497 e. The van der Waals surface area contributed by atoms with Crippen molar-refractivity contribution in [1.82, 2.24) is 10.2 Å². The fourth-order valence-electron chi connectivity index (χ4n) is 2.57. The van der Waals surface area contributed by atoms with E-state index in [1.165, 1.54) is 19.2 Å². The highest BCUT2D eigenvalue weighted by molar-refractivity contribution is 5.85. The normalized spacial score (nSPS) is 16.9. The van der Waals surface area contributed by atoms with Gasteiger partial charge in [-0.2, -0.15) is 13.2 Å². The van der Waals surface area contributed by atoms with Gasteiger partial charge >= 0.3 is 6.18 Å². The predicted molar refractivity (Wildman–Crippen MR) is 85.7 cm³/mol. The van der Waals surface area contributed by atoms with Gasteiger partial charge in [0.05, 0.1) is 18.7 Å².